The second-order valence-electron chi connectivity index (χ2n) is 4.98. The molecule has 0 amide bonds. The molecule has 4 aromatic rings. The summed E-state index contributed by atoms with van der Waals surface area (Å²) in [6, 6.07) is 4.52. The number of hydrogen-bond acceptors (Lipinski definition) is 7. The molecule has 0 atom stereocenters. The van der Waals surface area contributed by atoms with E-state index in [-0.39, 0.29) is 21.2 Å². The summed E-state index contributed by atoms with van der Waals surface area (Å²) in [5, 5.41) is 3.48. The van der Waals surface area contributed by atoms with Crippen LogP contribution >= 0.6 is 45.3 Å². The first kappa shape index (κ1) is 16.8. The van der Waals surface area contributed by atoms with Crippen LogP contribution in [0.25, 0.3) is 19.5 Å². The molecule has 4 rings (SSSR count). The van der Waals surface area contributed by atoms with Gasteiger partial charge in [-0.3, -0.25) is 0 Å². The van der Waals surface area contributed by atoms with E-state index in [2.05, 4.69) is 34.0 Å². The van der Waals surface area contributed by atoms with Crippen molar-refractivity contribution in [1.82, 2.24) is 15.0 Å². The van der Waals surface area contributed by atoms with Crippen molar-refractivity contribution in [2.45, 2.75) is 18.3 Å². The van der Waals surface area contributed by atoms with Crippen LogP contribution in [0.1, 0.15) is 15.0 Å². The monoisotopic (exact) mass is 502 g/mol. The summed E-state index contributed by atoms with van der Waals surface area (Å²) >= 11 is 7.20. The van der Waals surface area contributed by atoms with Gasteiger partial charge in [0.2, 0.25) is 0 Å². The van der Waals surface area contributed by atoms with E-state index in [1.54, 1.807) is 22.7 Å². The third-order valence-electron chi connectivity index (χ3n) is 3.17. The number of thiophene rings is 1. The second kappa shape index (κ2) is 7.28. The molecule has 0 saturated carbocycles. The Morgan fingerprint density at radius 2 is 1.38 bits per heavy atom. The molecule has 0 aliphatic rings. The van der Waals surface area contributed by atoms with Gasteiger partial charge >= 0.3 is 168 Å². The summed E-state index contributed by atoms with van der Waals surface area (Å²) in [5.41, 5.74) is 0. The zero-order chi connectivity index (χ0) is 16.5. The SMILES string of the molecule is Cc1ncc(-c2ccc([I-]Cc3ncc(-c4cnc(C)s4)s3)s2)s1. The molecule has 24 heavy (non-hydrogen) atoms. The fourth-order valence-electron chi connectivity index (χ4n) is 2.08. The summed E-state index contributed by atoms with van der Waals surface area (Å²) < 4.78 is 2.61. The van der Waals surface area contributed by atoms with Crippen molar-refractivity contribution in [1.29, 1.82) is 0 Å². The van der Waals surface area contributed by atoms with Crippen LogP contribution in [0.5, 0.6) is 0 Å². The number of alkyl halides is 1. The minimum atomic E-state index is -0.0293. The van der Waals surface area contributed by atoms with Crippen LogP contribution in [0.2, 0.25) is 0 Å². The molecule has 0 N–H and O–H groups in total. The topological polar surface area (TPSA) is 38.7 Å². The van der Waals surface area contributed by atoms with Gasteiger partial charge in [0, 0.05) is 0 Å². The van der Waals surface area contributed by atoms with Crippen molar-refractivity contribution in [2.75, 3.05) is 0 Å². The van der Waals surface area contributed by atoms with Gasteiger partial charge in [-0.25, -0.2) is 0 Å². The minimum absolute atomic E-state index is 0.0293. The van der Waals surface area contributed by atoms with Crippen LogP contribution in [0.4, 0.5) is 0 Å². The zero-order valence-electron chi connectivity index (χ0n) is 12.9. The Morgan fingerprint density at radius 1 is 0.750 bits per heavy atom. The molecule has 124 valence electrons. The van der Waals surface area contributed by atoms with Crippen molar-refractivity contribution in [2.24, 2.45) is 0 Å². The molecule has 8 heteroatoms. The second-order valence-corrected chi connectivity index (χ2v) is 13.1. The molecule has 0 aromatic carbocycles. The maximum absolute atomic E-state index is 4.61. The van der Waals surface area contributed by atoms with Gasteiger partial charge < -0.3 is 0 Å². The van der Waals surface area contributed by atoms with Gasteiger partial charge in [0.05, 0.1) is 0 Å². The van der Waals surface area contributed by atoms with Crippen LogP contribution in [0.3, 0.4) is 0 Å². The van der Waals surface area contributed by atoms with E-state index < -0.39 is 0 Å². The predicted octanol–water partition coefficient (Wildman–Crippen LogP) is 2.53. The quantitative estimate of drug-likeness (QED) is 0.311. The first-order chi connectivity index (χ1) is 11.7. The van der Waals surface area contributed by atoms with E-state index in [1.165, 1.54) is 27.4 Å². The van der Waals surface area contributed by atoms with Crippen molar-refractivity contribution in [3.05, 3.63) is 48.6 Å². The summed E-state index contributed by atoms with van der Waals surface area (Å²) in [6.45, 7) is 4.10. The summed E-state index contributed by atoms with van der Waals surface area (Å²) in [5.74, 6) is 0. The van der Waals surface area contributed by atoms with E-state index in [1.807, 2.05) is 48.2 Å². The predicted molar refractivity (Wildman–Crippen MR) is 101 cm³/mol. The molecule has 0 spiro atoms. The van der Waals surface area contributed by atoms with Gasteiger partial charge in [0.15, 0.2) is 0 Å². The first-order valence-electron chi connectivity index (χ1n) is 7.16. The average molecular weight is 502 g/mol. The molecule has 0 saturated heterocycles. The van der Waals surface area contributed by atoms with Crippen molar-refractivity contribution in [3.8, 4) is 19.5 Å². The molecule has 0 bridgehead atoms. The Hall–Kier alpha value is -0.680. The van der Waals surface area contributed by atoms with E-state index in [0.717, 1.165) is 14.4 Å². The molecule has 4 aromatic heterocycles. The number of halogens is 1. The van der Waals surface area contributed by atoms with Gasteiger partial charge in [-0.1, -0.05) is 0 Å². The normalized spacial score (nSPS) is 11.4. The Kier molecular flexibility index (Phi) is 5.09. The van der Waals surface area contributed by atoms with Gasteiger partial charge in [0.25, 0.3) is 0 Å². The maximum atomic E-state index is 4.61. The Morgan fingerprint density at radius 3 is 2.04 bits per heavy atom. The van der Waals surface area contributed by atoms with E-state index in [4.69, 9.17) is 0 Å². The average Bonchev–Trinajstić information content (AvgIpc) is 3.32. The van der Waals surface area contributed by atoms with E-state index in [9.17, 15) is 0 Å². The van der Waals surface area contributed by atoms with Gasteiger partial charge in [0.1, 0.15) is 0 Å². The standard InChI is InChI=1S/C16H13IN3S4/c1-9-18-6-12(21-9)11-3-4-15(23-11)17-5-16-20-8-14(24-16)13-7-19-10(2)22-13/h3-4,6-8H,5H2,1-2H3/q-1. The van der Waals surface area contributed by atoms with Crippen LogP contribution in [-0.2, 0) is 4.43 Å². The first-order valence-corrected chi connectivity index (χ1v) is 13.0. The van der Waals surface area contributed by atoms with Crippen LogP contribution in [0.15, 0.2) is 30.7 Å². The summed E-state index contributed by atoms with van der Waals surface area (Å²) in [6.07, 6.45) is 5.93. The van der Waals surface area contributed by atoms with Crippen molar-refractivity contribution < 1.29 is 21.2 Å². The van der Waals surface area contributed by atoms with Crippen molar-refractivity contribution >= 4 is 45.3 Å². The molecule has 3 nitrogen and oxygen atoms in total. The molecule has 0 aliphatic carbocycles. The number of aromatic nitrogens is 3. The fourth-order valence-corrected chi connectivity index (χ4v) is 9.03. The third-order valence-corrected chi connectivity index (χ3v) is 11.4. The van der Waals surface area contributed by atoms with Crippen LogP contribution in [0, 0.1) is 16.7 Å². The fraction of sp³-hybridized carbons (Fsp3) is 0.188. The molecule has 4 heterocycles. The number of aryl methyl sites for hydroxylation is 2. The third kappa shape index (κ3) is 3.77. The Balaban J connectivity index is 1.42. The number of thiazole rings is 3. The molecular formula is C16H13IN3S4-. The molecule has 0 radical (unpaired) electrons. The molecule has 0 aliphatic heterocycles. The summed E-state index contributed by atoms with van der Waals surface area (Å²) in [7, 11) is 0. The molecule has 0 fully saturated rings. The number of rotatable bonds is 5. The number of nitrogens with zero attached hydrogens (tertiary/aromatic N) is 3. The zero-order valence-corrected chi connectivity index (χ0v) is 18.4. The van der Waals surface area contributed by atoms with Gasteiger partial charge in [-0.05, 0) is 0 Å². The Bertz CT molecular complexity index is 887. The summed E-state index contributed by atoms with van der Waals surface area (Å²) in [4.78, 5) is 18.4. The van der Waals surface area contributed by atoms with Crippen molar-refractivity contribution in [3.63, 3.8) is 0 Å². The van der Waals surface area contributed by atoms with Gasteiger partial charge in [-0.15, -0.1) is 0 Å². The van der Waals surface area contributed by atoms with Gasteiger partial charge in [-0.2, -0.15) is 0 Å². The van der Waals surface area contributed by atoms with Crippen LogP contribution < -0.4 is 21.2 Å². The Labute approximate surface area is 166 Å². The van der Waals surface area contributed by atoms with E-state index in [0.29, 0.717) is 0 Å². The number of hydrogen-bond donors (Lipinski definition) is 0. The molecular weight excluding hydrogens is 489 g/mol. The van der Waals surface area contributed by atoms with E-state index >= 15 is 0 Å². The molecule has 0 unspecified atom stereocenters. The van der Waals surface area contributed by atoms with Crippen LogP contribution in [-0.4, -0.2) is 15.0 Å².